The van der Waals surface area contributed by atoms with Crippen LogP contribution in [-0.4, -0.2) is 9.97 Å². The maximum absolute atomic E-state index is 5.64. The van der Waals surface area contributed by atoms with Gasteiger partial charge >= 0.3 is 0 Å². The highest BCUT2D eigenvalue weighted by Gasteiger charge is 2.22. The number of nitrogens with zero attached hydrogens (tertiary/aromatic N) is 1. The average molecular weight is 385 g/mol. The third kappa shape index (κ3) is 2.97. The van der Waals surface area contributed by atoms with Crippen LogP contribution in [0.1, 0.15) is 5.56 Å². The summed E-state index contributed by atoms with van der Waals surface area (Å²) in [6, 6.07) is 23.2. The number of thiocarbonyl (C=S) groups is 1. The molecule has 0 unspecified atom stereocenters. The standard InChI is InChI=1S/C23H16N2S2/c26-23-14-18-17(16-6-1-2-8-21(16)25-23)12-15(20-7-3-4-10-24-20)13-19(18)22-9-5-11-27-22/h1-13H,14H2,(H,25,26). The van der Waals surface area contributed by atoms with Gasteiger partial charge in [-0.2, -0.15) is 0 Å². The summed E-state index contributed by atoms with van der Waals surface area (Å²) < 4.78 is 0. The lowest BCUT2D eigenvalue weighted by Crippen LogP contribution is -2.10. The van der Waals surface area contributed by atoms with Crippen LogP contribution >= 0.6 is 23.6 Å². The van der Waals surface area contributed by atoms with Crippen LogP contribution in [0.25, 0.3) is 32.8 Å². The number of rotatable bonds is 2. The molecule has 1 aliphatic rings. The fourth-order valence-corrected chi connectivity index (χ4v) is 4.64. The summed E-state index contributed by atoms with van der Waals surface area (Å²) in [6.45, 7) is 0. The molecule has 0 radical (unpaired) electrons. The molecule has 0 fully saturated rings. The van der Waals surface area contributed by atoms with E-state index in [4.69, 9.17) is 12.2 Å². The quantitative estimate of drug-likeness (QED) is 0.403. The molecule has 1 N–H and O–H groups in total. The number of benzene rings is 2. The monoisotopic (exact) mass is 384 g/mol. The molecular formula is C23H16N2S2. The highest BCUT2D eigenvalue weighted by molar-refractivity contribution is 7.80. The second kappa shape index (κ2) is 6.72. The minimum absolute atomic E-state index is 0.731. The Labute approximate surface area is 167 Å². The fourth-order valence-electron chi connectivity index (χ4n) is 3.62. The number of nitrogens with one attached hydrogen (secondary N) is 1. The lowest BCUT2D eigenvalue weighted by atomic mass is 9.90. The van der Waals surface area contributed by atoms with Crippen LogP contribution in [0.3, 0.4) is 0 Å². The molecule has 0 bridgehead atoms. The van der Waals surface area contributed by atoms with Crippen molar-refractivity contribution in [1.29, 1.82) is 0 Å². The van der Waals surface area contributed by atoms with Crippen molar-refractivity contribution < 1.29 is 0 Å². The smallest absolute Gasteiger partial charge is 0.0842 e. The van der Waals surface area contributed by atoms with Crippen LogP contribution in [0.4, 0.5) is 5.69 Å². The van der Waals surface area contributed by atoms with Crippen LogP contribution in [-0.2, 0) is 6.42 Å². The Kier molecular flexibility index (Phi) is 4.07. The lowest BCUT2D eigenvalue weighted by Gasteiger charge is -2.15. The Balaban J connectivity index is 1.85. The van der Waals surface area contributed by atoms with Gasteiger partial charge in [-0.1, -0.05) is 42.5 Å². The molecule has 130 valence electrons. The zero-order chi connectivity index (χ0) is 18.2. The number of hydrogen-bond acceptors (Lipinski definition) is 3. The molecule has 0 saturated carbocycles. The van der Waals surface area contributed by atoms with Gasteiger partial charge in [-0.25, -0.2) is 0 Å². The molecule has 0 aliphatic carbocycles. The van der Waals surface area contributed by atoms with Gasteiger partial charge in [0.1, 0.15) is 0 Å². The minimum Gasteiger partial charge on any atom is -0.349 e. The largest absolute Gasteiger partial charge is 0.349 e. The van der Waals surface area contributed by atoms with E-state index in [2.05, 4.69) is 64.2 Å². The summed E-state index contributed by atoms with van der Waals surface area (Å²) in [6.07, 6.45) is 2.57. The van der Waals surface area contributed by atoms with E-state index in [0.717, 1.165) is 28.4 Å². The summed E-state index contributed by atoms with van der Waals surface area (Å²) in [7, 11) is 0. The van der Waals surface area contributed by atoms with Gasteiger partial charge in [-0.3, -0.25) is 4.98 Å². The minimum atomic E-state index is 0.731. The molecule has 0 amide bonds. The first-order valence-corrected chi connectivity index (χ1v) is 10.1. The number of para-hydroxylation sites is 1. The molecule has 27 heavy (non-hydrogen) atoms. The van der Waals surface area contributed by atoms with Crippen molar-refractivity contribution in [2.45, 2.75) is 6.42 Å². The first kappa shape index (κ1) is 16.4. The predicted molar refractivity (Wildman–Crippen MR) is 118 cm³/mol. The molecule has 0 saturated heterocycles. The maximum atomic E-state index is 5.64. The molecule has 0 atom stereocenters. The van der Waals surface area contributed by atoms with E-state index < -0.39 is 0 Å². The molecule has 4 aromatic rings. The zero-order valence-corrected chi connectivity index (χ0v) is 16.1. The van der Waals surface area contributed by atoms with E-state index >= 15 is 0 Å². The maximum Gasteiger partial charge on any atom is 0.0842 e. The molecule has 4 heteroatoms. The summed E-state index contributed by atoms with van der Waals surface area (Å²) in [5.41, 5.74) is 8.10. The van der Waals surface area contributed by atoms with Gasteiger partial charge in [0.25, 0.3) is 0 Å². The third-order valence-electron chi connectivity index (χ3n) is 4.83. The van der Waals surface area contributed by atoms with Gasteiger partial charge in [-0.15, -0.1) is 11.3 Å². The summed E-state index contributed by atoms with van der Waals surface area (Å²) in [5.74, 6) is 0. The molecule has 2 aromatic carbocycles. The number of thiophene rings is 1. The Bertz CT molecular complexity index is 1130. The van der Waals surface area contributed by atoms with E-state index in [0.29, 0.717) is 0 Å². The SMILES string of the molecule is S=C1Cc2c(-c3cccs3)cc(-c3ccccn3)cc2-c2ccccc2N1. The molecule has 5 rings (SSSR count). The lowest BCUT2D eigenvalue weighted by molar-refractivity contribution is 1.31. The van der Waals surface area contributed by atoms with Crippen molar-refractivity contribution in [3.63, 3.8) is 0 Å². The van der Waals surface area contributed by atoms with Gasteiger partial charge in [0.05, 0.1) is 10.7 Å². The second-order valence-electron chi connectivity index (χ2n) is 6.51. The van der Waals surface area contributed by atoms with E-state index in [1.165, 1.54) is 27.1 Å². The van der Waals surface area contributed by atoms with E-state index in [9.17, 15) is 0 Å². The van der Waals surface area contributed by atoms with E-state index in [1.807, 2.05) is 24.4 Å². The van der Waals surface area contributed by atoms with Gasteiger partial charge < -0.3 is 5.32 Å². The van der Waals surface area contributed by atoms with Gasteiger partial charge in [0, 0.05) is 34.3 Å². The highest BCUT2D eigenvalue weighted by Crippen LogP contribution is 2.42. The zero-order valence-electron chi connectivity index (χ0n) is 14.5. The van der Waals surface area contributed by atoms with Crippen molar-refractivity contribution in [2.24, 2.45) is 0 Å². The number of anilines is 1. The van der Waals surface area contributed by atoms with Crippen LogP contribution in [0.5, 0.6) is 0 Å². The average Bonchev–Trinajstić information content (AvgIpc) is 3.19. The molecular weight excluding hydrogens is 368 g/mol. The highest BCUT2D eigenvalue weighted by atomic mass is 32.1. The molecule has 2 aromatic heterocycles. The molecule has 0 spiro atoms. The molecule has 1 aliphatic heterocycles. The van der Waals surface area contributed by atoms with Crippen molar-refractivity contribution >= 4 is 34.2 Å². The Morgan fingerprint density at radius 3 is 2.56 bits per heavy atom. The molecule has 2 nitrogen and oxygen atoms in total. The predicted octanol–water partition coefficient (Wildman–Crippen LogP) is 6.44. The van der Waals surface area contributed by atoms with Crippen molar-refractivity contribution in [2.75, 3.05) is 5.32 Å². The van der Waals surface area contributed by atoms with Gasteiger partial charge in [0.15, 0.2) is 0 Å². The van der Waals surface area contributed by atoms with Crippen LogP contribution < -0.4 is 5.32 Å². The number of hydrogen-bond donors (Lipinski definition) is 1. The van der Waals surface area contributed by atoms with E-state index in [1.54, 1.807) is 11.3 Å². The van der Waals surface area contributed by atoms with Crippen LogP contribution in [0.2, 0.25) is 0 Å². The Morgan fingerprint density at radius 2 is 1.74 bits per heavy atom. The number of pyridine rings is 1. The van der Waals surface area contributed by atoms with Crippen LogP contribution in [0, 0.1) is 0 Å². The topological polar surface area (TPSA) is 24.9 Å². The normalized spacial score (nSPS) is 12.7. The van der Waals surface area contributed by atoms with Crippen molar-refractivity contribution in [3.8, 4) is 32.8 Å². The summed E-state index contributed by atoms with van der Waals surface area (Å²) in [4.78, 5) is 6.68. The molecule has 3 heterocycles. The van der Waals surface area contributed by atoms with Crippen LogP contribution in [0.15, 0.2) is 78.3 Å². The fraction of sp³-hybridized carbons (Fsp3) is 0.0435. The van der Waals surface area contributed by atoms with Gasteiger partial charge in [0.2, 0.25) is 0 Å². The second-order valence-corrected chi connectivity index (χ2v) is 7.95. The first-order valence-electron chi connectivity index (χ1n) is 8.81. The Morgan fingerprint density at radius 1 is 0.889 bits per heavy atom. The third-order valence-corrected chi connectivity index (χ3v) is 5.98. The Hall–Kier alpha value is -2.82. The van der Waals surface area contributed by atoms with E-state index in [-0.39, 0.29) is 0 Å². The van der Waals surface area contributed by atoms with Crippen molar-refractivity contribution in [1.82, 2.24) is 4.98 Å². The number of aromatic nitrogens is 1. The summed E-state index contributed by atoms with van der Waals surface area (Å²) >= 11 is 7.40. The van der Waals surface area contributed by atoms with Gasteiger partial charge in [-0.05, 0) is 58.5 Å². The number of fused-ring (bicyclic) bond motifs is 3. The summed E-state index contributed by atoms with van der Waals surface area (Å²) in [5, 5.41) is 5.54. The van der Waals surface area contributed by atoms with Crippen molar-refractivity contribution in [3.05, 3.63) is 83.9 Å². The first-order chi connectivity index (χ1) is 13.3.